The van der Waals surface area contributed by atoms with Crippen LogP contribution in [0.25, 0.3) is 10.8 Å². The second kappa shape index (κ2) is 8.74. The molecule has 3 N–H and O–H groups in total. The quantitative estimate of drug-likeness (QED) is 0.653. The van der Waals surface area contributed by atoms with Crippen molar-refractivity contribution in [1.82, 2.24) is 20.4 Å². The summed E-state index contributed by atoms with van der Waals surface area (Å²) < 4.78 is 27.7. The highest BCUT2D eigenvalue weighted by molar-refractivity contribution is 5.95. The molecule has 0 radical (unpaired) electrons. The van der Waals surface area contributed by atoms with Crippen molar-refractivity contribution in [1.29, 1.82) is 0 Å². The molecule has 5 atom stereocenters. The number of amides is 3. The first-order valence-corrected chi connectivity index (χ1v) is 12.2. The molecule has 10 heteroatoms. The van der Waals surface area contributed by atoms with Crippen LogP contribution in [0.3, 0.4) is 0 Å². The van der Waals surface area contributed by atoms with Gasteiger partial charge in [0.05, 0.1) is 17.4 Å². The summed E-state index contributed by atoms with van der Waals surface area (Å²) in [6, 6.07) is 5.19. The standard InChI is InChI=1S/C26H33F2N5O3/c1-24(2,3)20(31-23(36)26(5,27)28)22(35)33-18(21(29)34)16-11-8-12-17(16)25(33,4)19-15-10-7-6-9-14(15)13-30-32-19/h6-7,9-10,13,16-18,20H,8,11-12H2,1-5H3,(H2,29,34)(H,31,36)/t16?,17?,18?,20-,25?/m1/s1. The normalized spacial score (nSPS) is 27.1. The van der Waals surface area contributed by atoms with Crippen molar-refractivity contribution in [3.8, 4) is 0 Å². The van der Waals surface area contributed by atoms with E-state index in [2.05, 4.69) is 15.5 Å². The fourth-order valence-corrected chi connectivity index (χ4v) is 6.16. The molecular formula is C26H33F2N5O3. The van der Waals surface area contributed by atoms with Gasteiger partial charge in [-0.2, -0.15) is 19.0 Å². The Bertz CT molecular complexity index is 1200. The van der Waals surface area contributed by atoms with E-state index in [4.69, 9.17) is 5.73 Å². The lowest BCUT2D eigenvalue weighted by Gasteiger charge is -2.44. The van der Waals surface area contributed by atoms with Crippen LogP contribution in [0.5, 0.6) is 0 Å². The van der Waals surface area contributed by atoms with Gasteiger partial charge in [0.25, 0.3) is 5.91 Å². The maximum Gasteiger partial charge on any atom is 0.321 e. The topological polar surface area (TPSA) is 118 Å². The number of carbonyl (C=O) groups excluding carboxylic acids is 3. The number of alkyl halides is 2. The number of carbonyl (C=O) groups is 3. The lowest BCUT2D eigenvalue weighted by Crippen LogP contribution is -2.63. The van der Waals surface area contributed by atoms with Crippen LogP contribution in [0.1, 0.15) is 59.6 Å². The van der Waals surface area contributed by atoms with Crippen LogP contribution < -0.4 is 11.1 Å². The van der Waals surface area contributed by atoms with Crippen LogP contribution in [0.15, 0.2) is 30.5 Å². The molecule has 1 aliphatic heterocycles. The van der Waals surface area contributed by atoms with E-state index in [0.717, 1.165) is 23.6 Å². The molecule has 36 heavy (non-hydrogen) atoms. The number of likely N-dealkylation sites (tertiary alicyclic amines) is 1. The van der Waals surface area contributed by atoms with Gasteiger partial charge >= 0.3 is 5.92 Å². The summed E-state index contributed by atoms with van der Waals surface area (Å²) in [4.78, 5) is 41.0. The van der Waals surface area contributed by atoms with E-state index < -0.39 is 46.7 Å². The molecule has 2 fully saturated rings. The molecule has 1 aliphatic carbocycles. The first-order valence-electron chi connectivity index (χ1n) is 12.2. The van der Waals surface area contributed by atoms with Gasteiger partial charge in [-0.25, -0.2) is 0 Å². The molecule has 8 nitrogen and oxygen atoms in total. The SMILES string of the molecule is CC(F)(F)C(=O)N[C@H](C(=O)N1C(C(N)=O)C2CCCC2C1(C)c1nncc2ccccc12)C(C)(C)C. The average molecular weight is 502 g/mol. The number of nitrogens with one attached hydrogen (secondary N) is 1. The van der Waals surface area contributed by atoms with Crippen molar-refractivity contribution < 1.29 is 23.2 Å². The summed E-state index contributed by atoms with van der Waals surface area (Å²) in [6.07, 6.45) is 3.91. The molecule has 1 aromatic carbocycles. The highest BCUT2D eigenvalue weighted by atomic mass is 19.3. The number of fused-ring (bicyclic) bond motifs is 2. The van der Waals surface area contributed by atoms with Crippen molar-refractivity contribution in [3.63, 3.8) is 0 Å². The fraction of sp³-hybridized carbons (Fsp3) is 0.577. The van der Waals surface area contributed by atoms with Gasteiger partial charge in [0, 0.05) is 17.7 Å². The minimum atomic E-state index is -3.68. The van der Waals surface area contributed by atoms with Crippen molar-refractivity contribution >= 4 is 28.5 Å². The Morgan fingerprint density at radius 1 is 1.17 bits per heavy atom. The summed E-state index contributed by atoms with van der Waals surface area (Å²) in [7, 11) is 0. The van der Waals surface area contributed by atoms with E-state index in [1.807, 2.05) is 31.2 Å². The van der Waals surface area contributed by atoms with Gasteiger partial charge in [0.15, 0.2) is 0 Å². The van der Waals surface area contributed by atoms with Gasteiger partial charge in [0.1, 0.15) is 12.1 Å². The van der Waals surface area contributed by atoms with E-state index in [-0.39, 0.29) is 11.8 Å². The van der Waals surface area contributed by atoms with Gasteiger partial charge < -0.3 is 16.0 Å². The van der Waals surface area contributed by atoms with Crippen LogP contribution in [-0.4, -0.2) is 50.8 Å². The first-order chi connectivity index (χ1) is 16.7. The summed E-state index contributed by atoms with van der Waals surface area (Å²) in [5, 5.41) is 12.5. The lowest BCUT2D eigenvalue weighted by molar-refractivity contribution is -0.154. The molecule has 0 bridgehead atoms. The van der Waals surface area contributed by atoms with Gasteiger partial charge in [-0.3, -0.25) is 14.4 Å². The highest BCUT2D eigenvalue weighted by Crippen LogP contribution is 2.57. The molecule has 1 aromatic heterocycles. The Labute approximate surface area is 209 Å². The average Bonchev–Trinajstić information content (AvgIpc) is 3.36. The smallest absolute Gasteiger partial charge is 0.321 e. The molecule has 1 saturated carbocycles. The van der Waals surface area contributed by atoms with Crippen LogP contribution in [0.4, 0.5) is 8.78 Å². The summed E-state index contributed by atoms with van der Waals surface area (Å²) in [5.41, 5.74) is 4.38. The third-order valence-corrected chi connectivity index (χ3v) is 7.84. The summed E-state index contributed by atoms with van der Waals surface area (Å²) in [5.74, 6) is -6.92. The zero-order valence-corrected chi connectivity index (χ0v) is 21.2. The second-order valence-electron chi connectivity index (χ2n) is 11.3. The predicted molar refractivity (Wildman–Crippen MR) is 130 cm³/mol. The number of rotatable bonds is 5. The van der Waals surface area contributed by atoms with E-state index in [1.165, 1.54) is 4.90 Å². The van der Waals surface area contributed by atoms with Gasteiger partial charge in [-0.15, -0.1) is 0 Å². The molecule has 0 spiro atoms. The molecule has 194 valence electrons. The molecule has 2 aromatic rings. The minimum absolute atomic E-state index is 0.150. The number of nitrogens with two attached hydrogens (primary N) is 1. The molecule has 4 unspecified atom stereocenters. The zero-order valence-electron chi connectivity index (χ0n) is 21.2. The number of benzene rings is 1. The van der Waals surface area contributed by atoms with Gasteiger partial charge in [-0.05, 0) is 37.0 Å². The number of hydrogen-bond acceptors (Lipinski definition) is 5. The Morgan fingerprint density at radius 3 is 2.44 bits per heavy atom. The summed E-state index contributed by atoms with van der Waals surface area (Å²) in [6.45, 7) is 7.36. The predicted octanol–water partition coefficient (Wildman–Crippen LogP) is 3.14. The van der Waals surface area contributed by atoms with Crippen molar-refractivity contribution in [2.45, 2.75) is 77.4 Å². The highest BCUT2D eigenvalue weighted by Gasteiger charge is 2.64. The second-order valence-corrected chi connectivity index (χ2v) is 11.3. The van der Waals surface area contributed by atoms with Crippen LogP contribution in [0.2, 0.25) is 0 Å². The molecule has 2 heterocycles. The van der Waals surface area contributed by atoms with Crippen molar-refractivity contribution in [2.24, 2.45) is 23.0 Å². The largest absolute Gasteiger partial charge is 0.368 e. The fourth-order valence-electron chi connectivity index (χ4n) is 6.16. The molecule has 1 saturated heterocycles. The third-order valence-electron chi connectivity index (χ3n) is 7.84. The number of aromatic nitrogens is 2. The van der Waals surface area contributed by atoms with Crippen molar-refractivity contribution in [2.75, 3.05) is 0 Å². The Morgan fingerprint density at radius 2 is 1.83 bits per heavy atom. The molecular weight excluding hydrogens is 468 g/mol. The van der Waals surface area contributed by atoms with Crippen molar-refractivity contribution in [3.05, 3.63) is 36.2 Å². The summed E-state index contributed by atoms with van der Waals surface area (Å²) >= 11 is 0. The molecule has 4 rings (SSSR count). The number of halogens is 2. The number of primary amides is 1. The maximum absolute atomic E-state index is 14.3. The maximum atomic E-state index is 14.3. The van der Waals surface area contributed by atoms with Gasteiger partial charge in [0.2, 0.25) is 11.8 Å². The van der Waals surface area contributed by atoms with Crippen LogP contribution in [-0.2, 0) is 19.9 Å². The Hall–Kier alpha value is -3.17. The van der Waals surface area contributed by atoms with E-state index >= 15 is 0 Å². The number of hydrogen-bond donors (Lipinski definition) is 2. The Kier molecular flexibility index (Phi) is 6.29. The van der Waals surface area contributed by atoms with E-state index in [0.29, 0.717) is 19.0 Å². The third kappa shape index (κ3) is 4.10. The van der Waals surface area contributed by atoms with Crippen LogP contribution in [0, 0.1) is 17.3 Å². The number of nitrogens with zero attached hydrogens (tertiary/aromatic N) is 3. The molecule has 3 amide bonds. The van der Waals surface area contributed by atoms with Crippen LogP contribution >= 0.6 is 0 Å². The Balaban J connectivity index is 1.92. The van der Waals surface area contributed by atoms with E-state index in [9.17, 15) is 23.2 Å². The molecule has 2 aliphatic rings. The zero-order chi connectivity index (χ0) is 26.6. The monoisotopic (exact) mass is 501 g/mol. The first kappa shape index (κ1) is 25.9. The van der Waals surface area contributed by atoms with Gasteiger partial charge in [-0.1, -0.05) is 51.5 Å². The minimum Gasteiger partial charge on any atom is -0.368 e. The lowest BCUT2D eigenvalue weighted by atomic mass is 9.77. The van der Waals surface area contributed by atoms with E-state index in [1.54, 1.807) is 27.0 Å².